The van der Waals surface area contributed by atoms with Gasteiger partial charge in [-0.2, -0.15) is 0 Å². The second-order valence-corrected chi connectivity index (χ2v) is 5.35. The zero-order chi connectivity index (χ0) is 15.6. The first-order valence-corrected chi connectivity index (χ1v) is 6.66. The van der Waals surface area contributed by atoms with Crippen molar-refractivity contribution in [2.45, 2.75) is 13.3 Å². The van der Waals surface area contributed by atoms with Crippen LogP contribution in [0, 0.1) is 12.8 Å². The van der Waals surface area contributed by atoms with Crippen LogP contribution in [0.3, 0.4) is 0 Å². The van der Waals surface area contributed by atoms with Crippen molar-refractivity contribution in [3.63, 3.8) is 0 Å². The second-order valence-electron chi connectivity index (χ2n) is 4.91. The predicted molar refractivity (Wildman–Crippen MR) is 77.6 cm³/mol. The maximum absolute atomic E-state index is 12.1. The summed E-state index contributed by atoms with van der Waals surface area (Å²) in [6.07, 6.45) is 0.236. The molecular formula is C13H13ClN4O3. The number of aryl methyl sites for hydroxylation is 1. The van der Waals surface area contributed by atoms with Gasteiger partial charge in [0.1, 0.15) is 0 Å². The molecule has 1 aliphatic rings. The highest BCUT2D eigenvalue weighted by molar-refractivity contribution is 6.31. The summed E-state index contributed by atoms with van der Waals surface area (Å²) in [7, 11) is 0. The van der Waals surface area contributed by atoms with Gasteiger partial charge in [0.2, 0.25) is 5.91 Å². The Hall–Kier alpha value is -2.24. The number of anilines is 1. The first-order valence-electron chi connectivity index (χ1n) is 6.28. The average Bonchev–Trinajstić information content (AvgIpc) is 2.76. The van der Waals surface area contributed by atoms with E-state index >= 15 is 0 Å². The van der Waals surface area contributed by atoms with Crippen molar-refractivity contribution in [2.24, 2.45) is 11.0 Å². The van der Waals surface area contributed by atoms with Crippen molar-refractivity contribution in [3.8, 4) is 0 Å². The number of hydrogen-bond donors (Lipinski definition) is 1. The van der Waals surface area contributed by atoms with Gasteiger partial charge in [-0.05, 0) is 36.1 Å². The van der Waals surface area contributed by atoms with Crippen LogP contribution in [0.4, 0.5) is 5.69 Å². The van der Waals surface area contributed by atoms with Crippen molar-refractivity contribution in [3.05, 3.63) is 38.7 Å². The van der Waals surface area contributed by atoms with Crippen molar-refractivity contribution in [1.29, 1.82) is 0 Å². The Balaban J connectivity index is 2.40. The summed E-state index contributed by atoms with van der Waals surface area (Å²) in [6.45, 7) is 2.26. The van der Waals surface area contributed by atoms with E-state index in [4.69, 9.17) is 17.1 Å². The molecule has 1 unspecified atom stereocenters. The highest BCUT2D eigenvalue weighted by atomic mass is 35.5. The smallest absolute Gasteiger partial charge is 0.337 e. The lowest BCUT2D eigenvalue weighted by Crippen LogP contribution is -2.27. The summed E-state index contributed by atoms with van der Waals surface area (Å²) >= 11 is 5.88. The minimum absolute atomic E-state index is 0.00205. The summed E-state index contributed by atoms with van der Waals surface area (Å²) in [6, 6.07) is 2.96. The van der Waals surface area contributed by atoms with Gasteiger partial charge in [-0.3, -0.25) is 4.79 Å². The van der Waals surface area contributed by atoms with E-state index in [0.717, 1.165) is 0 Å². The van der Waals surface area contributed by atoms with Crippen LogP contribution in [0.1, 0.15) is 22.3 Å². The van der Waals surface area contributed by atoms with Crippen LogP contribution in [0.5, 0.6) is 0 Å². The highest BCUT2D eigenvalue weighted by Gasteiger charge is 2.33. The lowest BCUT2D eigenvalue weighted by molar-refractivity contribution is -0.117. The van der Waals surface area contributed by atoms with Crippen molar-refractivity contribution < 1.29 is 14.7 Å². The van der Waals surface area contributed by atoms with Gasteiger partial charge in [0.25, 0.3) is 0 Å². The van der Waals surface area contributed by atoms with E-state index in [9.17, 15) is 14.7 Å². The Bertz CT molecular complexity index is 655. The zero-order valence-corrected chi connectivity index (χ0v) is 12.0. The fourth-order valence-electron chi connectivity index (χ4n) is 2.53. The number of aromatic carboxylic acids is 1. The number of benzene rings is 1. The summed E-state index contributed by atoms with van der Waals surface area (Å²) in [5.41, 5.74) is 9.32. The van der Waals surface area contributed by atoms with Crippen molar-refractivity contribution in [1.82, 2.24) is 0 Å². The lowest BCUT2D eigenvalue weighted by Gasteiger charge is -2.21. The van der Waals surface area contributed by atoms with Crippen LogP contribution in [0.25, 0.3) is 10.4 Å². The predicted octanol–water partition coefficient (Wildman–Crippen LogP) is 3.01. The fraction of sp³-hybridized carbons (Fsp3) is 0.385. The molecule has 1 aromatic rings. The topological polar surface area (TPSA) is 106 Å². The SMILES string of the molecule is Cc1cc(Cl)cc(C(=O)O)c1N1CC(CN=[N+]=[N-])CC1=O. The molecule has 1 fully saturated rings. The lowest BCUT2D eigenvalue weighted by atomic mass is 10.1. The summed E-state index contributed by atoms with van der Waals surface area (Å²) in [5, 5.41) is 13.1. The van der Waals surface area contributed by atoms with E-state index in [2.05, 4.69) is 10.0 Å². The van der Waals surface area contributed by atoms with Crippen molar-refractivity contribution >= 4 is 29.2 Å². The number of carboxylic acid groups (broad SMARTS) is 1. The molecule has 110 valence electrons. The number of nitrogens with zero attached hydrogens (tertiary/aromatic N) is 4. The van der Waals surface area contributed by atoms with E-state index in [1.807, 2.05) is 0 Å². The van der Waals surface area contributed by atoms with Gasteiger partial charge in [0.15, 0.2) is 0 Å². The molecule has 8 heteroatoms. The minimum Gasteiger partial charge on any atom is -0.478 e. The Labute approximate surface area is 125 Å². The third kappa shape index (κ3) is 3.09. The number of carbonyl (C=O) groups is 2. The third-order valence-corrected chi connectivity index (χ3v) is 3.59. The molecule has 7 nitrogen and oxygen atoms in total. The number of amides is 1. The number of halogens is 1. The van der Waals surface area contributed by atoms with Gasteiger partial charge in [-0.1, -0.05) is 16.7 Å². The second kappa shape index (κ2) is 6.03. The molecule has 1 amide bonds. The Kier molecular flexibility index (Phi) is 4.35. The van der Waals surface area contributed by atoms with E-state index in [-0.39, 0.29) is 30.4 Å². The number of carbonyl (C=O) groups excluding carboxylic acids is 1. The Morgan fingerprint density at radius 1 is 1.62 bits per heavy atom. The van der Waals surface area contributed by atoms with Crippen LogP contribution in [0.2, 0.25) is 5.02 Å². The molecule has 0 aliphatic carbocycles. The number of rotatable bonds is 4. The van der Waals surface area contributed by atoms with E-state index < -0.39 is 5.97 Å². The first-order chi connectivity index (χ1) is 9.93. The number of hydrogen-bond acceptors (Lipinski definition) is 3. The highest BCUT2D eigenvalue weighted by Crippen LogP contribution is 2.33. The number of carboxylic acids is 1. The molecule has 1 aliphatic heterocycles. The van der Waals surface area contributed by atoms with Gasteiger partial charge in [-0.15, -0.1) is 0 Å². The fourth-order valence-corrected chi connectivity index (χ4v) is 2.80. The molecule has 0 radical (unpaired) electrons. The molecule has 0 saturated carbocycles. The molecule has 2 rings (SSSR count). The van der Waals surface area contributed by atoms with Crippen LogP contribution in [-0.4, -0.2) is 30.1 Å². The molecule has 1 saturated heterocycles. The monoisotopic (exact) mass is 308 g/mol. The Morgan fingerprint density at radius 3 is 2.95 bits per heavy atom. The number of azide groups is 1. The van der Waals surface area contributed by atoms with Crippen molar-refractivity contribution in [2.75, 3.05) is 18.0 Å². The molecule has 1 atom stereocenters. The Morgan fingerprint density at radius 2 is 2.33 bits per heavy atom. The van der Waals surface area contributed by atoms with Gasteiger partial charge >= 0.3 is 5.97 Å². The maximum Gasteiger partial charge on any atom is 0.337 e. The normalized spacial score (nSPS) is 17.7. The molecule has 0 spiro atoms. The summed E-state index contributed by atoms with van der Waals surface area (Å²) in [5.74, 6) is -1.42. The molecule has 1 N–H and O–H groups in total. The molecule has 0 aromatic heterocycles. The van der Waals surface area contributed by atoms with Crippen LogP contribution in [-0.2, 0) is 4.79 Å². The largest absolute Gasteiger partial charge is 0.478 e. The van der Waals surface area contributed by atoms with Crippen LogP contribution >= 0.6 is 11.6 Å². The van der Waals surface area contributed by atoms with Crippen LogP contribution in [0.15, 0.2) is 17.2 Å². The summed E-state index contributed by atoms with van der Waals surface area (Å²) in [4.78, 5) is 27.6. The van der Waals surface area contributed by atoms with E-state index in [1.54, 1.807) is 13.0 Å². The molecule has 0 bridgehead atoms. The average molecular weight is 309 g/mol. The summed E-state index contributed by atoms with van der Waals surface area (Å²) < 4.78 is 0. The third-order valence-electron chi connectivity index (χ3n) is 3.37. The molecular weight excluding hydrogens is 296 g/mol. The van der Waals surface area contributed by atoms with Gasteiger partial charge in [0.05, 0.1) is 11.3 Å². The molecule has 1 aromatic carbocycles. The first kappa shape index (κ1) is 15.2. The minimum atomic E-state index is -1.14. The van der Waals surface area contributed by atoms with E-state index in [0.29, 0.717) is 22.8 Å². The molecule has 1 heterocycles. The molecule has 21 heavy (non-hydrogen) atoms. The zero-order valence-electron chi connectivity index (χ0n) is 11.3. The van der Waals surface area contributed by atoms with Crippen LogP contribution < -0.4 is 4.90 Å². The van der Waals surface area contributed by atoms with Gasteiger partial charge in [0, 0.05) is 29.4 Å². The maximum atomic E-state index is 12.1. The van der Waals surface area contributed by atoms with E-state index in [1.165, 1.54) is 11.0 Å². The quantitative estimate of drug-likeness (QED) is 0.524. The van der Waals surface area contributed by atoms with Gasteiger partial charge < -0.3 is 10.0 Å². The standard InChI is InChI=1S/C13H13ClN4O3/c1-7-2-9(14)4-10(13(20)21)12(7)18-6-8(3-11(18)19)5-16-17-15/h2,4,8H,3,5-6H2,1H3,(H,20,21). The van der Waals surface area contributed by atoms with Gasteiger partial charge in [-0.25, -0.2) is 4.79 Å².